The molecule has 1 heterocycles. The standard InChI is InChI=1S/C24H19F3N4O3/c25-24(26,27)17-11-9-15(10-12-17)14-5-7-16(8-6-14)21(33)28-20(13-32)22(34)31-23-29-18-3-1-2-4-19(18)30-23/h1-12,20,32H,13H2,(H,28,33)(H2,29,30,31,34). The quantitative estimate of drug-likeness (QED) is 0.343. The monoisotopic (exact) mass is 468 g/mol. The maximum Gasteiger partial charge on any atom is 0.416 e. The van der Waals surface area contributed by atoms with Crippen molar-refractivity contribution in [3.05, 3.63) is 83.9 Å². The summed E-state index contributed by atoms with van der Waals surface area (Å²) in [7, 11) is 0. The minimum Gasteiger partial charge on any atom is -0.394 e. The van der Waals surface area contributed by atoms with E-state index in [4.69, 9.17) is 0 Å². The van der Waals surface area contributed by atoms with Gasteiger partial charge in [-0.05, 0) is 47.5 Å². The number of carbonyl (C=O) groups is 2. The Balaban J connectivity index is 1.41. The lowest BCUT2D eigenvalue weighted by molar-refractivity contribution is -0.137. The van der Waals surface area contributed by atoms with E-state index in [-0.39, 0.29) is 11.5 Å². The third-order valence-corrected chi connectivity index (χ3v) is 5.13. The first-order chi connectivity index (χ1) is 16.2. The molecule has 2 amide bonds. The fraction of sp³-hybridized carbons (Fsp3) is 0.125. The third kappa shape index (κ3) is 5.07. The predicted molar refractivity (Wildman–Crippen MR) is 120 cm³/mol. The van der Waals surface area contributed by atoms with Gasteiger partial charge in [0.2, 0.25) is 5.95 Å². The van der Waals surface area contributed by atoms with Crippen LogP contribution in [0.2, 0.25) is 0 Å². The van der Waals surface area contributed by atoms with Crippen molar-refractivity contribution in [2.45, 2.75) is 12.2 Å². The van der Waals surface area contributed by atoms with Crippen molar-refractivity contribution < 1.29 is 27.9 Å². The number of hydrogen-bond acceptors (Lipinski definition) is 4. The molecule has 0 fully saturated rings. The van der Waals surface area contributed by atoms with Crippen LogP contribution < -0.4 is 10.6 Å². The predicted octanol–water partition coefficient (Wildman–Crippen LogP) is 3.98. The number of aromatic nitrogens is 2. The minimum atomic E-state index is -4.42. The van der Waals surface area contributed by atoms with E-state index in [2.05, 4.69) is 20.6 Å². The van der Waals surface area contributed by atoms with Gasteiger partial charge in [0.15, 0.2) is 0 Å². The van der Waals surface area contributed by atoms with E-state index in [0.29, 0.717) is 16.6 Å². The molecule has 1 aromatic heterocycles. The number of para-hydroxylation sites is 2. The minimum absolute atomic E-state index is 0.180. The van der Waals surface area contributed by atoms with Crippen molar-refractivity contribution in [2.75, 3.05) is 11.9 Å². The maximum atomic E-state index is 12.7. The molecular weight excluding hydrogens is 449 g/mol. The number of aliphatic hydroxyl groups excluding tert-OH is 1. The van der Waals surface area contributed by atoms with Gasteiger partial charge in [-0.15, -0.1) is 0 Å². The zero-order valence-corrected chi connectivity index (χ0v) is 17.6. The topological polar surface area (TPSA) is 107 Å². The van der Waals surface area contributed by atoms with Crippen molar-refractivity contribution >= 4 is 28.8 Å². The number of imidazole rings is 1. The van der Waals surface area contributed by atoms with Gasteiger partial charge in [-0.3, -0.25) is 14.9 Å². The number of alkyl halides is 3. The summed E-state index contributed by atoms with van der Waals surface area (Å²) in [4.78, 5) is 32.2. The number of nitrogens with zero attached hydrogens (tertiary/aromatic N) is 1. The molecule has 7 nitrogen and oxygen atoms in total. The van der Waals surface area contributed by atoms with Crippen LogP contribution in [0.25, 0.3) is 22.2 Å². The van der Waals surface area contributed by atoms with Crippen LogP contribution in [0.5, 0.6) is 0 Å². The number of halogens is 3. The SMILES string of the molecule is O=C(NC(CO)C(=O)Nc1nc2ccccc2[nH]1)c1ccc(-c2ccc(C(F)(F)F)cc2)cc1. The first-order valence-electron chi connectivity index (χ1n) is 10.2. The van der Waals surface area contributed by atoms with E-state index in [1.807, 2.05) is 6.07 Å². The Morgan fingerprint density at radius 2 is 1.56 bits per heavy atom. The van der Waals surface area contributed by atoms with E-state index < -0.39 is 36.2 Å². The molecule has 0 spiro atoms. The molecule has 0 aliphatic carbocycles. The van der Waals surface area contributed by atoms with Crippen LogP contribution >= 0.6 is 0 Å². The molecule has 0 saturated carbocycles. The highest BCUT2D eigenvalue weighted by atomic mass is 19.4. The number of benzene rings is 3. The Labute approximate surface area is 191 Å². The molecule has 0 radical (unpaired) electrons. The lowest BCUT2D eigenvalue weighted by Gasteiger charge is -2.15. The number of hydrogen-bond donors (Lipinski definition) is 4. The lowest BCUT2D eigenvalue weighted by atomic mass is 10.0. The average Bonchev–Trinajstić information content (AvgIpc) is 3.24. The lowest BCUT2D eigenvalue weighted by Crippen LogP contribution is -2.46. The molecule has 1 atom stereocenters. The highest BCUT2D eigenvalue weighted by Crippen LogP contribution is 2.31. The molecule has 0 aliphatic heterocycles. The Morgan fingerprint density at radius 3 is 2.15 bits per heavy atom. The van der Waals surface area contributed by atoms with Crippen LogP contribution in [-0.4, -0.2) is 39.5 Å². The molecule has 3 aromatic carbocycles. The van der Waals surface area contributed by atoms with E-state index in [9.17, 15) is 27.9 Å². The zero-order valence-electron chi connectivity index (χ0n) is 17.6. The van der Waals surface area contributed by atoms with Gasteiger partial charge in [0.05, 0.1) is 23.2 Å². The maximum absolute atomic E-state index is 12.7. The Hall–Kier alpha value is -4.18. The van der Waals surface area contributed by atoms with Crippen LogP contribution in [0.4, 0.5) is 19.1 Å². The highest BCUT2D eigenvalue weighted by molar-refractivity contribution is 6.01. The summed E-state index contributed by atoms with van der Waals surface area (Å²) in [6.45, 7) is -0.637. The molecule has 4 N–H and O–H groups in total. The normalized spacial score (nSPS) is 12.4. The first-order valence-corrected chi connectivity index (χ1v) is 10.2. The average molecular weight is 468 g/mol. The summed E-state index contributed by atoms with van der Waals surface area (Å²) >= 11 is 0. The van der Waals surface area contributed by atoms with Crippen molar-refractivity contribution in [2.24, 2.45) is 0 Å². The molecule has 174 valence electrons. The number of nitrogens with one attached hydrogen (secondary N) is 3. The summed E-state index contributed by atoms with van der Waals surface area (Å²) in [5.74, 6) is -1.08. The fourth-order valence-electron chi connectivity index (χ4n) is 3.32. The summed E-state index contributed by atoms with van der Waals surface area (Å²) in [6, 6.07) is 16.7. The summed E-state index contributed by atoms with van der Waals surface area (Å²) < 4.78 is 38.2. The molecule has 0 bridgehead atoms. The van der Waals surface area contributed by atoms with Crippen LogP contribution in [0.15, 0.2) is 72.8 Å². The van der Waals surface area contributed by atoms with Crippen LogP contribution in [0.3, 0.4) is 0 Å². The van der Waals surface area contributed by atoms with Gasteiger partial charge in [-0.1, -0.05) is 36.4 Å². The van der Waals surface area contributed by atoms with E-state index in [0.717, 1.165) is 17.6 Å². The van der Waals surface area contributed by atoms with E-state index in [1.165, 1.54) is 24.3 Å². The molecule has 34 heavy (non-hydrogen) atoms. The van der Waals surface area contributed by atoms with Crippen molar-refractivity contribution in [3.63, 3.8) is 0 Å². The Kier molecular flexibility index (Phi) is 6.33. The first kappa shape index (κ1) is 23.0. The molecular formula is C24H19F3N4O3. The van der Waals surface area contributed by atoms with Crippen molar-refractivity contribution in [1.82, 2.24) is 15.3 Å². The van der Waals surface area contributed by atoms with Crippen LogP contribution in [0, 0.1) is 0 Å². The second kappa shape index (κ2) is 9.36. The van der Waals surface area contributed by atoms with Crippen molar-refractivity contribution in [1.29, 1.82) is 0 Å². The number of fused-ring (bicyclic) bond motifs is 1. The third-order valence-electron chi connectivity index (χ3n) is 5.13. The summed E-state index contributed by atoms with van der Waals surface area (Å²) in [5.41, 5.74) is 2.00. The smallest absolute Gasteiger partial charge is 0.394 e. The Bertz CT molecular complexity index is 1280. The largest absolute Gasteiger partial charge is 0.416 e. The van der Waals surface area contributed by atoms with Gasteiger partial charge in [-0.2, -0.15) is 13.2 Å². The van der Waals surface area contributed by atoms with E-state index >= 15 is 0 Å². The van der Waals surface area contributed by atoms with Gasteiger partial charge < -0.3 is 15.4 Å². The summed E-state index contributed by atoms with van der Waals surface area (Å²) in [5, 5.41) is 14.6. The number of aromatic amines is 1. The number of amides is 2. The number of carbonyl (C=O) groups excluding carboxylic acids is 2. The second-order valence-electron chi connectivity index (χ2n) is 7.45. The number of anilines is 1. The zero-order chi connectivity index (χ0) is 24.3. The molecule has 0 aliphatic rings. The molecule has 4 rings (SSSR count). The van der Waals surface area contributed by atoms with Gasteiger partial charge >= 0.3 is 6.18 Å². The second-order valence-corrected chi connectivity index (χ2v) is 7.45. The number of aliphatic hydroxyl groups is 1. The number of rotatable bonds is 6. The van der Waals surface area contributed by atoms with Crippen LogP contribution in [-0.2, 0) is 11.0 Å². The summed E-state index contributed by atoms with van der Waals surface area (Å²) in [6.07, 6.45) is -4.42. The molecule has 4 aromatic rings. The molecule has 1 unspecified atom stereocenters. The highest BCUT2D eigenvalue weighted by Gasteiger charge is 2.30. The van der Waals surface area contributed by atoms with Gasteiger partial charge in [-0.25, -0.2) is 4.98 Å². The Morgan fingerprint density at radius 1 is 0.941 bits per heavy atom. The molecule has 0 saturated heterocycles. The molecule has 10 heteroatoms. The number of H-pyrrole nitrogens is 1. The van der Waals surface area contributed by atoms with Gasteiger partial charge in [0.1, 0.15) is 6.04 Å². The van der Waals surface area contributed by atoms with Crippen LogP contribution in [0.1, 0.15) is 15.9 Å². The van der Waals surface area contributed by atoms with Gasteiger partial charge in [0, 0.05) is 5.56 Å². The van der Waals surface area contributed by atoms with Gasteiger partial charge in [0.25, 0.3) is 11.8 Å². The fourth-order valence-corrected chi connectivity index (χ4v) is 3.32. The van der Waals surface area contributed by atoms with E-state index in [1.54, 1.807) is 30.3 Å². The van der Waals surface area contributed by atoms with Crippen molar-refractivity contribution in [3.8, 4) is 11.1 Å².